The third-order valence-electron chi connectivity index (χ3n) is 5.22. The molecule has 4 rings (SSSR count). The van der Waals surface area contributed by atoms with Crippen molar-refractivity contribution in [1.82, 2.24) is 5.43 Å². The summed E-state index contributed by atoms with van der Waals surface area (Å²) in [4.78, 5) is 49.4. The highest BCUT2D eigenvalue weighted by molar-refractivity contribution is 6.40. The van der Waals surface area contributed by atoms with Crippen molar-refractivity contribution in [2.45, 2.75) is 0 Å². The largest absolute Gasteiger partial charge is 0.423 e. The van der Waals surface area contributed by atoms with Crippen LogP contribution in [-0.4, -0.2) is 29.9 Å². The van der Waals surface area contributed by atoms with Crippen LogP contribution in [-0.2, 0) is 9.59 Å². The van der Waals surface area contributed by atoms with E-state index in [0.717, 1.165) is 6.07 Å². The molecule has 0 unspecified atom stereocenters. The summed E-state index contributed by atoms with van der Waals surface area (Å²) in [5.74, 6) is -3.89. The first-order valence-corrected chi connectivity index (χ1v) is 11.6. The summed E-state index contributed by atoms with van der Waals surface area (Å²) in [5.41, 5.74) is 3.32. The van der Waals surface area contributed by atoms with E-state index in [1.807, 2.05) is 6.07 Å². The fraction of sp³-hybridized carbons (Fsp3) is 0. The number of hydrogen-bond acceptors (Lipinski definition) is 6. The van der Waals surface area contributed by atoms with Crippen molar-refractivity contribution in [3.63, 3.8) is 0 Å². The number of para-hydroxylation sites is 2. The van der Waals surface area contributed by atoms with Gasteiger partial charge in [0.15, 0.2) is 0 Å². The number of nitrogens with one attached hydrogen (secondary N) is 3. The molecule has 0 radical (unpaired) electrons. The minimum Gasteiger partial charge on any atom is -0.423 e. The maximum Gasteiger partial charge on any atom is 0.346 e. The molecule has 3 N–H and O–H groups in total. The minimum atomic E-state index is -1.06. The zero-order valence-electron chi connectivity index (χ0n) is 20.3. The van der Waals surface area contributed by atoms with Crippen LogP contribution in [0.4, 0.5) is 15.8 Å². The Morgan fingerprint density at radius 1 is 0.692 bits per heavy atom. The average Bonchev–Trinajstić information content (AvgIpc) is 2.95. The zero-order valence-corrected chi connectivity index (χ0v) is 20.3. The topological polar surface area (TPSA) is 126 Å². The van der Waals surface area contributed by atoms with Gasteiger partial charge in [0, 0.05) is 5.69 Å². The number of hydrogen-bond donors (Lipinski definition) is 3. The summed E-state index contributed by atoms with van der Waals surface area (Å²) >= 11 is 0. The van der Waals surface area contributed by atoms with Crippen LogP contribution in [0.3, 0.4) is 0 Å². The van der Waals surface area contributed by atoms with Crippen LogP contribution >= 0.6 is 0 Å². The first kappa shape index (κ1) is 26.4. The summed E-state index contributed by atoms with van der Waals surface area (Å²) in [7, 11) is 0. The molecule has 9 nitrogen and oxygen atoms in total. The fourth-order valence-corrected chi connectivity index (χ4v) is 3.32. The van der Waals surface area contributed by atoms with Crippen LogP contribution < -0.4 is 20.8 Å². The summed E-state index contributed by atoms with van der Waals surface area (Å²) < 4.78 is 18.9. The lowest BCUT2D eigenvalue weighted by atomic mass is 10.1. The number of amides is 3. The number of anilines is 2. The summed E-state index contributed by atoms with van der Waals surface area (Å²) in [6.45, 7) is 0. The number of nitrogens with zero attached hydrogens (tertiary/aromatic N) is 1. The van der Waals surface area contributed by atoms with Crippen molar-refractivity contribution in [2.24, 2.45) is 5.10 Å². The molecule has 0 saturated heterocycles. The van der Waals surface area contributed by atoms with Crippen molar-refractivity contribution in [3.8, 4) is 5.75 Å². The third-order valence-corrected chi connectivity index (χ3v) is 5.22. The van der Waals surface area contributed by atoms with Gasteiger partial charge < -0.3 is 15.4 Å². The molecule has 194 valence electrons. The molecule has 3 amide bonds. The van der Waals surface area contributed by atoms with E-state index in [2.05, 4.69) is 21.2 Å². The molecule has 0 bridgehead atoms. The Labute approximate surface area is 222 Å². The Kier molecular flexibility index (Phi) is 8.50. The van der Waals surface area contributed by atoms with E-state index in [9.17, 15) is 23.6 Å². The van der Waals surface area contributed by atoms with Crippen LogP contribution in [0.15, 0.2) is 108 Å². The molecule has 4 aromatic rings. The minimum absolute atomic E-state index is 0.149. The van der Waals surface area contributed by atoms with Gasteiger partial charge in [0.05, 0.1) is 23.0 Å². The maximum absolute atomic E-state index is 13.7. The van der Waals surface area contributed by atoms with Gasteiger partial charge in [-0.25, -0.2) is 14.6 Å². The number of carbonyl (C=O) groups excluding carboxylic acids is 4. The van der Waals surface area contributed by atoms with Gasteiger partial charge in [-0.1, -0.05) is 42.5 Å². The van der Waals surface area contributed by atoms with Crippen LogP contribution in [0.25, 0.3) is 0 Å². The van der Waals surface area contributed by atoms with E-state index in [4.69, 9.17) is 4.74 Å². The van der Waals surface area contributed by atoms with Crippen molar-refractivity contribution >= 4 is 41.3 Å². The number of halogens is 1. The molecule has 0 heterocycles. The molecule has 0 fully saturated rings. The van der Waals surface area contributed by atoms with Gasteiger partial charge in [0.1, 0.15) is 11.6 Å². The van der Waals surface area contributed by atoms with Gasteiger partial charge in [-0.05, 0) is 66.2 Å². The average molecular weight is 525 g/mol. The molecule has 39 heavy (non-hydrogen) atoms. The number of ether oxygens (including phenoxy) is 1. The Balaban J connectivity index is 1.31. The highest BCUT2D eigenvalue weighted by Crippen LogP contribution is 2.18. The van der Waals surface area contributed by atoms with Crippen LogP contribution in [0.5, 0.6) is 5.75 Å². The van der Waals surface area contributed by atoms with Crippen LogP contribution in [0, 0.1) is 5.82 Å². The number of esters is 1. The van der Waals surface area contributed by atoms with E-state index >= 15 is 0 Å². The number of rotatable bonds is 7. The van der Waals surface area contributed by atoms with E-state index in [1.54, 1.807) is 48.5 Å². The van der Waals surface area contributed by atoms with E-state index < -0.39 is 29.5 Å². The van der Waals surface area contributed by atoms with Gasteiger partial charge in [0.25, 0.3) is 5.91 Å². The number of benzene rings is 4. The zero-order chi connectivity index (χ0) is 27.6. The van der Waals surface area contributed by atoms with Crippen molar-refractivity contribution in [3.05, 3.63) is 126 Å². The van der Waals surface area contributed by atoms with Crippen molar-refractivity contribution < 1.29 is 28.3 Å². The van der Waals surface area contributed by atoms with Gasteiger partial charge in [0.2, 0.25) is 0 Å². The quantitative estimate of drug-likeness (QED) is 0.109. The van der Waals surface area contributed by atoms with E-state index in [-0.39, 0.29) is 22.6 Å². The van der Waals surface area contributed by atoms with Crippen molar-refractivity contribution in [2.75, 3.05) is 10.6 Å². The first-order chi connectivity index (χ1) is 18.9. The smallest absolute Gasteiger partial charge is 0.346 e. The second kappa shape index (κ2) is 12.5. The Hall–Kier alpha value is -5.64. The summed E-state index contributed by atoms with van der Waals surface area (Å²) in [6.07, 6.45) is 1.27. The molecule has 0 spiro atoms. The standard InChI is InChI=1S/C29H21FN4O5/c30-24-12-6-4-10-22(24)29(38)39-21-16-14-19(15-17-21)18-31-34-28(37)27(36)33-25-13-7-5-11-23(25)26(35)32-20-8-2-1-3-9-20/h1-18H,(H,32,35)(H,33,36)(H,34,37). The predicted octanol–water partition coefficient (Wildman–Crippen LogP) is 4.39. The molecule has 4 aromatic carbocycles. The van der Waals surface area contributed by atoms with Gasteiger partial charge in [-0.15, -0.1) is 0 Å². The molecule has 0 saturated carbocycles. The number of carbonyl (C=O) groups is 4. The molecular weight excluding hydrogens is 503 g/mol. The van der Waals surface area contributed by atoms with Crippen molar-refractivity contribution in [1.29, 1.82) is 0 Å². The highest BCUT2D eigenvalue weighted by atomic mass is 19.1. The molecule has 10 heteroatoms. The van der Waals surface area contributed by atoms with Gasteiger partial charge >= 0.3 is 17.8 Å². The van der Waals surface area contributed by atoms with E-state index in [1.165, 1.54) is 48.7 Å². The Morgan fingerprint density at radius 3 is 2.05 bits per heavy atom. The second-order valence-electron chi connectivity index (χ2n) is 7.96. The first-order valence-electron chi connectivity index (χ1n) is 11.6. The molecular formula is C29H21FN4O5. The second-order valence-corrected chi connectivity index (χ2v) is 7.96. The van der Waals surface area contributed by atoms with Gasteiger partial charge in [-0.2, -0.15) is 5.10 Å². The van der Waals surface area contributed by atoms with Crippen LogP contribution in [0.2, 0.25) is 0 Å². The molecule has 0 aromatic heterocycles. The fourth-order valence-electron chi connectivity index (χ4n) is 3.32. The summed E-state index contributed by atoms with van der Waals surface area (Å²) in [6, 6.07) is 26.5. The predicted molar refractivity (Wildman–Crippen MR) is 143 cm³/mol. The van der Waals surface area contributed by atoms with Crippen LogP contribution in [0.1, 0.15) is 26.3 Å². The molecule has 0 aliphatic carbocycles. The third kappa shape index (κ3) is 7.20. The Bertz CT molecular complexity index is 1540. The molecule has 0 aliphatic heterocycles. The SMILES string of the molecule is O=C(NN=Cc1ccc(OC(=O)c2ccccc2F)cc1)C(=O)Nc1ccccc1C(=O)Nc1ccccc1. The lowest BCUT2D eigenvalue weighted by Gasteiger charge is -2.11. The highest BCUT2D eigenvalue weighted by Gasteiger charge is 2.18. The number of hydrazone groups is 1. The lowest BCUT2D eigenvalue weighted by Crippen LogP contribution is -2.33. The maximum atomic E-state index is 13.7. The van der Waals surface area contributed by atoms with Gasteiger partial charge in [-0.3, -0.25) is 14.4 Å². The summed E-state index contributed by atoms with van der Waals surface area (Å²) in [5, 5.41) is 8.87. The normalized spacial score (nSPS) is 10.5. The monoisotopic (exact) mass is 524 g/mol. The Morgan fingerprint density at radius 2 is 1.33 bits per heavy atom. The molecule has 0 aliphatic rings. The van der Waals surface area contributed by atoms with E-state index in [0.29, 0.717) is 11.3 Å². The molecule has 0 atom stereocenters. The lowest BCUT2D eigenvalue weighted by molar-refractivity contribution is -0.136.